The molecule has 7 heteroatoms. The molecule has 0 aliphatic carbocycles. The van der Waals surface area contributed by atoms with Gasteiger partial charge in [0.15, 0.2) is 5.69 Å². The van der Waals surface area contributed by atoms with Crippen LogP contribution in [0.25, 0.3) is 5.69 Å². The van der Waals surface area contributed by atoms with Gasteiger partial charge in [-0.2, -0.15) is 5.26 Å². The summed E-state index contributed by atoms with van der Waals surface area (Å²) >= 11 is 0. The van der Waals surface area contributed by atoms with Gasteiger partial charge in [0.1, 0.15) is 11.9 Å². The number of imidazole rings is 1. The highest BCUT2D eigenvalue weighted by molar-refractivity contribution is 5.89. The highest BCUT2D eigenvalue weighted by Crippen LogP contribution is 2.17. The lowest BCUT2D eigenvalue weighted by atomic mass is 10.2. The van der Waals surface area contributed by atoms with Crippen LogP contribution in [-0.4, -0.2) is 30.6 Å². The second kappa shape index (κ2) is 4.86. The van der Waals surface area contributed by atoms with Crippen LogP contribution in [0.3, 0.4) is 0 Å². The van der Waals surface area contributed by atoms with Crippen molar-refractivity contribution in [1.29, 1.82) is 5.26 Å². The Hall–Kier alpha value is -2.75. The maximum Gasteiger partial charge on any atom is 0.356 e. The number of rotatable bonds is 3. The van der Waals surface area contributed by atoms with Crippen LogP contribution in [0.5, 0.6) is 0 Å². The smallest absolute Gasteiger partial charge is 0.356 e. The maximum absolute atomic E-state index is 11.3. The molecule has 0 saturated carbocycles. The van der Waals surface area contributed by atoms with Crippen LogP contribution in [-0.2, 0) is 0 Å². The number of aromatic nitrogens is 4. The van der Waals surface area contributed by atoms with Crippen molar-refractivity contribution in [3.05, 3.63) is 35.9 Å². The van der Waals surface area contributed by atoms with Crippen molar-refractivity contribution in [3.8, 4) is 11.8 Å². The minimum absolute atomic E-state index is 0.0189. The third kappa shape index (κ3) is 2.28. The van der Waals surface area contributed by atoms with E-state index in [2.05, 4.69) is 15.0 Å². The molecule has 0 radical (unpaired) electrons. The predicted octanol–water partition coefficient (Wildman–Crippen LogP) is 1.36. The molecule has 0 aliphatic heterocycles. The van der Waals surface area contributed by atoms with E-state index in [0.29, 0.717) is 5.82 Å². The monoisotopic (exact) mass is 257 g/mol. The molecule has 0 bridgehead atoms. The van der Waals surface area contributed by atoms with Crippen molar-refractivity contribution in [2.75, 3.05) is 0 Å². The van der Waals surface area contributed by atoms with Crippen LogP contribution in [0.2, 0.25) is 0 Å². The normalized spacial score (nSPS) is 10.4. The Bertz CT molecular complexity index is 669. The van der Waals surface area contributed by atoms with Crippen LogP contribution in [0.4, 0.5) is 0 Å². The Kier molecular flexibility index (Phi) is 3.25. The SMILES string of the molecule is CC(C)c1ncc(-n2ccnc2C#N)c(C(=O)O)n1. The molecule has 0 amide bonds. The molecule has 0 saturated heterocycles. The summed E-state index contributed by atoms with van der Waals surface area (Å²) < 4.78 is 1.35. The molecule has 0 unspecified atom stereocenters. The lowest BCUT2D eigenvalue weighted by Crippen LogP contribution is -2.12. The minimum Gasteiger partial charge on any atom is -0.476 e. The standard InChI is InChI=1S/C12H11N5O2/c1-7(2)11-15-6-8(10(16-11)12(18)19)17-4-3-14-9(17)5-13/h3-4,6-7H,1-2H3,(H,18,19). The number of carbonyl (C=O) groups is 1. The van der Waals surface area contributed by atoms with Crippen LogP contribution < -0.4 is 0 Å². The van der Waals surface area contributed by atoms with E-state index in [9.17, 15) is 9.90 Å². The molecule has 2 aromatic rings. The Morgan fingerprint density at radius 1 is 1.47 bits per heavy atom. The molecule has 0 atom stereocenters. The van der Waals surface area contributed by atoms with Gasteiger partial charge in [-0.15, -0.1) is 0 Å². The summed E-state index contributed by atoms with van der Waals surface area (Å²) in [7, 11) is 0. The maximum atomic E-state index is 11.3. The van der Waals surface area contributed by atoms with Crippen LogP contribution in [0.1, 0.15) is 41.9 Å². The topological polar surface area (TPSA) is 105 Å². The fourth-order valence-electron chi connectivity index (χ4n) is 1.58. The molecule has 2 heterocycles. The molecule has 7 nitrogen and oxygen atoms in total. The molecule has 2 aromatic heterocycles. The minimum atomic E-state index is -1.17. The molecule has 0 aromatic carbocycles. The van der Waals surface area contributed by atoms with Crippen molar-refractivity contribution in [2.45, 2.75) is 19.8 Å². The summed E-state index contributed by atoms with van der Waals surface area (Å²) in [6.45, 7) is 3.75. The van der Waals surface area contributed by atoms with Gasteiger partial charge in [-0.1, -0.05) is 13.8 Å². The van der Waals surface area contributed by atoms with Gasteiger partial charge >= 0.3 is 5.97 Å². The quantitative estimate of drug-likeness (QED) is 0.889. The summed E-state index contributed by atoms with van der Waals surface area (Å²) in [6.07, 6.45) is 4.31. The summed E-state index contributed by atoms with van der Waals surface area (Å²) in [5.41, 5.74) is 0.0825. The molecule has 96 valence electrons. The number of hydrogen-bond donors (Lipinski definition) is 1. The Balaban J connectivity index is 2.64. The molecule has 2 rings (SSSR count). The van der Waals surface area contributed by atoms with Crippen molar-refractivity contribution in [1.82, 2.24) is 19.5 Å². The largest absolute Gasteiger partial charge is 0.476 e. The second-order valence-electron chi connectivity index (χ2n) is 4.15. The third-order valence-corrected chi connectivity index (χ3v) is 2.51. The van der Waals surface area contributed by atoms with E-state index in [0.717, 1.165) is 0 Å². The van der Waals surface area contributed by atoms with Gasteiger partial charge in [-0.3, -0.25) is 4.57 Å². The zero-order valence-corrected chi connectivity index (χ0v) is 10.4. The second-order valence-corrected chi connectivity index (χ2v) is 4.15. The Morgan fingerprint density at radius 2 is 2.21 bits per heavy atom. The highest BCUT2D eigenvalue weighted by atomic mass is 16.4. The Labute approximate surface area is 109 Å². The number of nitriles is 1. The van der Waals surface area contributed by atoms with E-state index in [1.54, 1.807) is 0 Å². The van der Waals surface area contributed by atoms with E-state index in [4.69, 9.17) is 5.26 Å². The van der Waals surface area contributed by atoms with Crippen molar-refractivity contribution < 1.29 is 9.90 Å². The first-order chi connectivity index (χ1) is 9.04. The van der Waals surface area contributed by atoms with Gasteiger partial charge < -0.3 is 5.11 Å². The van der Waals surface area contributed by atoms with Gasteiger partial charge in [0.25, 0.3) is 0 Å². The first-order valence-corrected chi connectivity index (χ1v) is 5.58. The summed E-state index contributed by atoms with van der Waals surface area (Å²) in [5, 5.41) is 18.1. The highest BCUT2D eigenvalue weighted by Gasteiger charge is 2.18. The molecule has 0 fully saturated rings. The number of nitrogens with zero attached hydrogens (tertiary/aromatic N) is 5. The number of carboxylic acid groups (broad SMARTS) is 1. The molecule has 19 heavy (non-hydrogen) atoms. The van der Waals surface area contributed by atoms with Gasteiger partial charge in [-0.25, -0.2) is 19.7 Å². The number of hydrogen-bond acceptors (Lipinski definition) is 5. The van der Waals surface area contributed by atoms with Crippen LogP contribution >= 0.6 is 0 Å². The van der Waals surface area contributed by atoms with E-state index in [1.165, 1.54) is 23.2 Å². The van der Waals surface area contributed by atoms with Gasteiger partial charge in [0, 0.05) is 18.3 Å². The van der Waals surface area contributed by atoms with Gasteiger partial charge in [0.2, 0.25) is 5.82 Å². The fraction of sp³-hybridized carbons (Fsp3) is 0.250. The molecular weight excluding hydrogens is 246 g/mol. The summed E-state index contributed by atoms with van der Waals surface area (Å²) in [4.78, 5) is 23.3. The van der Waals surface area contributed by atoms with E-state index < -0.39 is 5.97 Å². The fourth-order valence-corrected chi connectivity index (χ4v) is 1.58. The van der Waals surface area contributed by atoms with Crippen molar-refractivity contribution in [3.63, 3.8) is 0 Å². The first kappa shape index (κ1) is 12.7. The van der Waals surface area contributed by atoms with Crippen LogP contribution in [0.15, 0.2) is 18.6 Å². The van der Waals surface area contributed by atoms with Gasteiger partial charge in [0.05, 0.1) is 11.9 Å². The van der Waals surface area contributed by atoms with Crippen LogP contribution in [0, 0.1) is 11.3 Å². The predicted molar refractivity (Wildman–Crippen MR) is 64.9 cm³/mol. The third-order valence-electron chi connectivity index (χ3n) is 2.51. The summed E-state index contributed by atoms with van der Waals surface area (Å²) in [5.74, 6) is -0.620. The van der Waals surface area contributed by atoms with Gasteiger partial charge in [-0.05, 0) is 0 Å². The number of carboxylic acids is 1. The first-order valence-electron chi connectivity index (χ1n) is 5.58. The van der Waals surface area contributed by atoms with E-state index in [1.807, 2.05) is 19.9 Å². The zero-order chi connectivity index (χ0) is 14.0. The molecular formula is C12H11N5O2. The van der Waals surface area contributed by atoms with Crippen molar-refractivity contribution in [2.24, 2.45) is 0 Å². The lowest BCUT2D eigenvalue weighted by molar-refractivity contribution is 0.0690. The lowest BCUT2D eigenvalue weighted by Gasteiger charge is -2.10. The zero-order valence-electron chi connectivity index (χ0n) is 10.4. The number of aromatic carboxylic acids is 1. The summed E-state index contributed by atoms with van der Waals surface area (Å²) in [6, 6.07) is 1.88. The van der Waals surface area contributed by atoms with E-state index in [-0.39, 0.29) is 23.1 Å². The van der Waals surface area contributed by atoms with Crippen molar-refractivity contribution >= 4 is 5.97 Å². The molecule has 0 aliphatic rings. The average molecular weight is 257 g/mol. The molecule has 1 N–H and O–H groups in total. The Morgan fingerprint density at radius 3 is 2.79 bits per heavy atom. The van der Waals surface area contributed by atoms with E-state index >= 15 is 0 Å². The molecule has 0 spiro atoms. The average Bonchev–Trinajstić information content (AvgIpc) is 2.85.